The van der Waals surface area contributed by atoms with E-state index in [0.29, 0.717) is 17.4 Å². The SMILES string of the molecule is CCCNCc1ccc(OCCCC(C)(C)C#N)c(Cl)c1. The summed E-state index contributed by atoms with van der Waals surface area (Å²) >= 11 is 6.23. The molecule has 1 N–H and O–H groups in total. The van der Waals surface area contributed by atoms with Crippen molar-refractivity contribution in [1.29, 1.82) is 5.26 Å². The first-order chi connectivity index (χ1) is 9.98. The van der Waals surface area contributed by atoms with Crippen molar-refractivity contribution in [3.8, 4) is 11.8 Å². The molecule has 0 saturated heterocycles. The van der Waals surface area contributed by atoms with Crippen LogP contribution in [0.1, 0.15) is 45.6 Å². The molecule has 1 aromatic rings. The topological polar surface area (TPSA) is 45.0 Å². The summed E-state index contributed by atoms with van der Waals surface area (Å²) in [5.74, 6) is 0.714. The van der Waals surface area contributed by atoms with Gasteiger partial charge in [-0.1, -0.05) is 24.6 Å². The van der Waals surface area contributed by atoms with E-state index in [4.69, 9.17) is 21.6 Å². The standard InChI is InChI=1S/C17H25ClN2O/c1-4-9-20-12-14-6-7-16(15(18)11-14)21-10-5-8-17(2,3)13-19/h6-7,11,20H,4-5,8-10,12H2,1-3H3. The highest BCUT2D eigenvalue weighted by atomic mass is 35.5. The smallest absolute Gasteiger partial charge is 0.137 e. The molecule has 0 saturated carbocycles. The minimum Gasteiger partial charge on any atom is -0.492 e. The van der Waals surface area contributed by atoms with Crippen molar-refractivity contribution >= 4 is 11.6 Å². The molecule has 116 valence electrons. The van der Waals surface area contributed by atoms with Crippen LogP contribution in [0.3, 0.4) is 0 Å². The summed E-state index contributed by atoms with van der Waals surface area (Å²) in [7, 11) is 0. The zero-order valence-corrected chi connectivity index (χ0v) is 14.0. The third kappa shape index (κ3) is 6.84. The Morgan fingerprint density at radius 3 is 2.76 bits per heavy atom. The highest BCUT2D eigenvalue weighted by Gasteiger charge is 2.15. The lowest BCUT2D eigenvalue weighted by Crippen LogP contribution is -2.13. The molecular formula is C17H25ClN2O. The van der Waals surface area contributed by atoms with Gasteiger partial charge < -0.3 is 10.1 Å². The summed E-state index contributed by atoms with van der Waals surface area (Å²) in [6.07, 6.45) is 2.78. The molecule has 0 atom stereocenters. The molecule has 0 fully saturated rings. The number of benzene rings is 1. The monoisotopic (exact) mass is 308 g/mol. The number of nitriles is 1. The van der Waals surface area contributed by atoms with Crippen molar-refractivity contribution in [1.82, 2.24) is 5.32 Å². The zero-order valence-electron chi connectivity index (χ0n) is 13.2. The number of rotatable bonds is 9. The Bertz CT molecular complexity index is 480. The van der Waals surface area contributed by atoms with Gasteiger partial charge in [-0.25, -0.2) is 0 Å². The maximum atomic E-state index is 8.96. The molecule has 0 aromatic heterocycles. The molecule has 4 heteroatoms. The van der Waals surface area contributed by atoms with Gasteiger partial charge in [0.25, 0.3) is 0 Å². The second-order valence-corrected chi connectivity index (χ2v) is 6.30. The van der Waals surface area contributed by atoms with Crippen LogP contribution in [0.2, 0.25) is 5.02 Å². The average Bonchev–Trinajstić information content (AvgIpc) is 2.45. The van der Waals surface area contributed by atoms with E-state index in [9.17, 15) is 0 Å². The van der Waals surface area contributed by atoms with Crippen LogP contribution in [-0.4, -0.2) is 13.2 Å². The van der Waals surface area contributed by atoms with Crippen LogP contribution in [0.25, 0.3) is 0 Å². The normalized spacial score (nSPS) is 11.2. The fourth-order valence-corrected chi connectivity index (χ4v) is 2.19. The lowest BCUT2D eigenvalue weighted by molar-refractivity contribution is 0.284. The summed E-state index contributed by atoms with van der Waals surface area (Å²) in [4.78, 5) is 0. The minimum absolute atomic E-state index is 0.290. The first-order valence-corrected chi connectivity index (χ1v) is 7.89. The summed E-state index contributed by atoms with van der Waals surface area (Å²) in [5.41, 5.74) is 0.869. The molecule has 0 amide bonds. The van der Waals surface area contributed by atoms with Crippen LogP contribution >= 0.6 is 11.6 Å². The van der Waals surface area contributed by atoms with Crippen LogP contribution < -0.4 is 10.1 Å². The predicted octanol–water partition coefficient (Wildman–Crippen LogP) is 4.55. The van der Waals surface area contributed by atoms with Gasteiger partial charge in [-0.2, -0.15) is 5.26 Å². The molecular weight excluding hydrogens is 284 g/mol. The van der Waals surface area contributed by atoms with Crippen molar-refractivity contribution in [2.75, 3.05) is 13.2 Å². The number of halogens is 1. The highest BCUT2D eigenvalue weighted by molar-refractivity contribution is 6.32. The van der Waals surface area contributed by atoms with Gasteiger partial charge in [-0.05, 0) is 57.4 Å². The van der Waals surface area contributed by atoms with Crippen LogP contribution in [0.4, 0.5) is 0 Å². The Morgan fingerprint density at radius 2 is 2.14 bits per heavy atom. The molecule has 0 heterocycles. The number of hydrogen-bond donors (Lipinski definition) is 1. The Kier molecular flexibility index (Phi) is 7.56. The van der Waals surface area contributed by atoms with Gasteiger partial charge >= 0.3 is 0 Å². The lowest BCUT2D eigenvalue weighted by Gasteiger charge is -2.15. The molecule has 0 spiro atoms. The zero-order chi connectivity index (χ0) is 15.7. The van der Waals surface area contributed by atoms with E-state index in [1.54, 1.807) is 0 Å². The molecule has 0 bridgehead atoms. The van der Waals surface area contributed by atoms with Crippen molar-refractivity contribution in [3.05, 3.63) is 28.8 Å². The van der Waals surface area contributed by atoms with Gasteiger partial charge in [0.2, 0.25) is 0 Å². The van der Waals surface area contributed by atoms with Crippen molar-refractivity contribution in [3.63, 3.8) is 0 Å². The molecule has 0 radical (unpaired) electrons. The summed E-state index contributed by atoms with van der Waals surface area (Å²) in [6.45, 7) is 8.44. The lowest BCUT2D eigenvalue weighted by atomic mass is 9.90. The van der Waals surface area contributed by atoms with E-state index in [2.05, 4.69) is 18.3 Å². The quantitative estimate of drug-likeness (QED) is 0.681. The predicted molar refractivity (Wildman–Crippen MR) is 87.6 cm³/mol. The van der Waals surface area contributed by atoms with E-state index >= 15 is 0 Å². The number of hydrogen-bond acceptors (Lipinski definition) is 3. The van der Waals surface area contributed by atoms with E-state index in [0.717, 1.165) is 37.9 Å². The van der Waals surface area contributed by atoms with Gasteiger partial charge in [-0.15, -0.1) is 0 Å². The minimum atomic E-state index is -0.290. The second-order valence-electron chi connectivity index (χ2n) is 5.89. The molecule has 0 aliphatic carbocycles. The third-order valence-corrected chi connectivity index (χ3v) is 3.55. The Balaban J connectivity index is 2.41. The van der Waals surface area contributed by atoms with Gasteiger partial charge in [0.05, 0.1) is 23.1 Å². The first kappa shape index (κ1) is 17.8. The van der Waals surface area contributed by atoms with Crippen molar-refractivity contribution < 1.29 is 4.74 Å². The van der Waals surface area contributed by atoms with E-state index in [-0.39, 0.29) is 5.41 Å². The van der Waals surface area contributed by atoms with Crippen LogP contribution in [0.15, 0.2) is 18.2 Å². The molecule has 1 rings (SSSR count). The maximum absolute atomic E-state index is 8.96. The summed E-state index contributed by atoms with van der Waals surface area (Å²) in [6, 6.07) is 8.19. The second kappa shape index (κ2) is 8.92. The molecule has 1 aromatic carbocycles. The van der Waals surface area contributed by atoms with Gasteiger partial charge in [0.15, 0.2) is 0 Å². The molecule has 3 nitrogen and oxygen atoms in total. The summed E-state index contributed by atoms with van der Waals surface area (Å²) < 4.78 is 5.70. The fraction of sp³-hybridized carbons (Fsp3) is 0.588. The van der Waals surface area contributed by atoms with Gasteiger partial charge in [0.1, 0.15) is 5.75 Å². The van der Waals surface area contributed by atoms with Gasteiger partial charge in [-0.3, -0.25) is 0 Å². The van der Waals surface area contributed by atoms with E-state index < -0.39 is 0 Å². The van der Waals surface area contributed by atoms with Crippen molar-refractivity contribution in [2.24, 2.45) is 5.41 Å². The Morgan fingerprint density at radius 1 is 1.38 bits per heavy atom. The van der Waals surface area contributed by atoms with E-state index in [1.165, 1.54) is 0 Å². The van der Waals surface area contributed by atoms with Crippen LogP contribution in [-0.2, 0) is 6.54 Å². The number of ether oxygens (including phenoxy) is 1. The molecule has 0 unspecified atom stereocenters. The van der Waals surface area contributed by atoms with Crippen LogP contribution in [0, 0.1) is 16.7 Å². The fourth-order valence-electron chi connectivity index (χ4n) is 1.93. The summed E-state index contributed by atoms with van der Waals surface area (Å²) in [5, 5.41) is 12.9. The first-order valence-electron chi connectivity index (χ1n) is 7.51. The van der Waals surface area contributed by atoms with Crippen molar-refractivity contribution in [2.45, 2.75) is 46.6 Å². The van der Waals surface area contributed by atoms with Crippen LogP contribution in [0.5, 0.6) is 5.75 Å². The average molecular weight is 309 g/mol. The molecule has 0 aliphatic heterocycles. The third-order valence-electron chi connectivity index (χ3n) is 3.26. The van der Waals surface area contributed by atoms with Gasteiger partial charge in [0, 0.05) is 6.54 Å². The number of nitrogens with zero attached hydrogens (tertiary/aromatic N) is 1. The largest absolute Gasteiger partial charge is 0.492 e. The highest BCUT2D eigenvalue weighted by Crippen LogP contribution is 2.26. The Labute approximate surface area is 133 Å². The Hall–Kier alpha value is -1.24. The maximum Gasteiger partial charge on any atom is 0.137 e. The molecule has 21 heavy (non-hydrogen) atoms. The molecule has 0 aliphatic rings. The number of nitrogens with one attached hydrogen (secondary N) is 1. The van der Waals surface area contributed by atoms with E-state index in [1.807, 2.05) is 32.0 Å².